The van der Waals surface area contributed by atoms with Gasteiger partial charge in [-0.15, -0.1) is 0 Å². The molecule has 2 aromatic carbocycles. The molecule has 1 aliphatic rings. The van der Waals surface area contributed by atoms with Crippen LogP contribution in [0.25, 0.3) is 0 Å². The lowest BCUT2D eigenvalue weighted by Gasteiger charge is -2.36. The predicted molar refractivity (Wildman–Crippen MR) is 117 cm³/mol. The highest BCUT2D eigenvalue weighted by molar-refractivity contribution is 6.30. The van der Waals surface area contributed by atoms with Crippen LogP contribution in [0.3, 0.4) is 0 Å². The molecular weight excluding hydrogens is 384 g/mol. The Bertz CT molecular complexity index is 1000. The average molecular weight is 409 g/mol. The Morgan fingerprint density at radius 3 is 2.34 bits per heavy atom. The molecule has 6 heteroatoms. The fourth-order valence-electron chi connectivity index (χ4n) is 3.78. The van der Waals surface area contributed by atoms with Gasteiger partial charge in [0, 0.05) is 48.1 Å². The molecule has 1 aliphatic heterocycles. The number of benzene rings is 2. The second kappa shape index (κ2) is 8.29. The first-order chi connectivity index (χ1) is 14.0. The lowest BCUT2D eigenvalue weighted by Crippen LogP contribution is -2.48. The first kappa shape index (κ1) is 19.5. The van der Waals surface area contributed by atoms with Gasteiger partial charge in [0.25, 0.3) is 5.91 Å². The number of aromatic nitrogens is 2. The van der Waals surface area contributed by atoms with Crippen molar-refractivity contribution in [3.05, 3.63) is 82.1 Å². The molecule has 0 radical (unpaired) electrons. The average Bonchev–Trinajstić information content (AvgIpc) is 3.05. The second-order valence-electron chi connectivity index (χ2n) is 7.54. The number of halogens is 1. The third-order valence-corrected chi connectivity index (χ3v) is 5.61. The first-order valence-corrected chi connectivity index (χ1v) is 10.3. The van der Waals surface area contributed by atoms with Gasteiger partial charge in [0.2, 0.25) is 0 Å². The quantitative estimate of drug-likeness (QED) is 0.650. The van der Waals surface area contributed by atoms with Crippen LogP contribution in [0.5, 0.6) is 0 Å². The van der Waals surface area contributed by atoms with Crippen molar-refractivity contribution in [2.45, 2.75) is 20.4 Å². The fourth-order valence-corrected chi connectivity index (χ4v) is 3.97. The van der Waals surface area contributed by atoms with Crippen molar-refractivity contribution in [2.75, 3.05) is 31.1 Å². The Kier molecular flexibility index (Phi) is 5.58. The summed E-state index contributed by atoms with van der Waals surface area (Å²) < 4.78 is 1.99. The number of aryl methyl sites for hydroxylation is 2. The summed E-state index contributed by atoms with van der Waals surface area (Å²) >= 11 is 6.10. The first-order valence-electron chi connectivity index (χ1n) is 9.89. The summed E-state index contributed by atoms with van der Waals surface area (Å²) in [6, 6.07) is 17.8. The zero-order valence-electron chi connectivity index (χ0n) is 16.8. The highest BCUT2D eigenvalue weighted by Gasteiger charge is 2.22. The maximum Gasteiger partial charge on any atom is 0.253 e. The van der Waals surface area contributed by atoms with Crippen LogP contribution >= 0.6 is 11.6 Å². The van der Waals surface area contributed by atoms with Gasteiger partial charge >= 0.3 is 0 Å². The number of hydrogen-bond acceptors (Lipinski definition) is 3. The summed E-state index contributed by atoms with van der Waals surface area (Å²) in [7, 11) is 0. The van der Waals surface area contributed by atoms with Crippen LogP contribution in [0.4, 0.5) is 5.69 Å². The van der Waals surface area contributed by atoms with E-state index in [-0.39, 0.29) is 5.91 Å². The van der Waals surface area contributed by atoms with Gasteiger partial charge in [0.1, 0.15) is 0 Å². The molecule has 1 amide bonds. The van der Waals surface area contributed by atoms with Gasteiger partial charge in [0.15, 0.2) is 0 Å². The van der Waals surface area contributed by atoms with Crippen molar-refractivity contribution in [2.24, 2.45) is 0 Å². The number of carbonyl (C=O) groups excluding carboxylic acids is 1. The van der Waals surface area contributed by atoms with Crippen LogP contribution in [0.2, 0.25) is 5.02 Å². The third kappa shape index (κ3) is 4.46. The third-order valence-electron chi connectivity index (χ3n) is 5.38. The molecule has 150 valence electrons. The minimum Gasteiger partial charge on any atom is -0.368 e. The molecule has 0 aliphatic carbocycles. The smallest absolute Gasteiger partial charge is 0.253 e. The summed E-state index contributed by atoms with van der Waals surface area (Å²) in [4.78, 5) is 17.1. The molecule has 1 aromatic heterocycles. The van der Waals surface area contributed by atoms with Crippen LogP contribution in [-0.2, 0) is 6.54 Å². The normalized spacial score (nSPS) is 14.3. The molecule has 1 fully saturated rings. The SMILES string of the molecule is Cc1cc(C)n(Cc2ccc(C(=O)N3CCN(c4cccc(Cl)c4)CC3)cc2)n1. The van der Waals surface area contributed by atoms with E-state index >= 15 is 0 Å². The van der Waals surface area contributed by atoms with Crippen molar-refractivity contribution >= 4 is 23.2 Å². The lowest BCUT2D eigenvalue weighted by molar-refractivity contribution is 0.0747. The summed E-state index contributed by atoms with van der Waals surface area (Å²) in [5.41, 5.74) is 5.14. The number of piperazine rings is 1. The van der Waals surface area contributed by atoms with Crippen LogP contribution in [-0.4, -0.2) is 46.8 Å². The second-order valence-corrected chi connectivity index (χ2v) is 7.98. The van der Waals surface area contributed by atoms with Crippen molar-refractivity contribution in [3.8, 4) is 0 Å². The van der Waals surface area contributed by atoms with Crippen molar-refractivity contribution < 1.29 is 4.79 Å². The highest BCUT2D eigenvalue weighted by atomic mass is 35.5. The van der Waals surface area contributed by atoms with Gasteiger partial charge in [-0.25, -0.2) is 0 Å². The predicted octanol–water partition coefficient (Wildman–Crippen LogP) is 4.16. The lowest BCUT2D eigenvalue weighted by atomic mass is 10.1. The molecule has 29 heavy (non-hydrogen) atoms. The standard InChI is InChI=1S/C23H25ClN4O/c1-17-14-18(2)28(25-17)16-19-6-8-20(9-7-19)23(29)27-12-10-26(11-13-27)22-5-3-4-21(24)15-22/h3-9,14-15H,10-13,16H2,1-2H3. The van der Waals surface area contributed by atoms with E-state index < -0.39 is 0 Å². The molecule has 0 unspecified atom stereocenters. The summed E-state index contributed by atoms with van der Waals surface area (Å²) in [6.45, 7) is 7.80. The number of nitrogens with zero attached hydrogens (tertiary/aromatic N) is 4. The maximum absolute atomic E-state index is 12.9. The molecule has 0 saturated carbocycles. The number of amides is 1. The van der Waals surface area contributed by atoms with Crippen LogP contribution in [0.15, 0.2) is 54.6 Å². The topological polar surface area (TPSA) is 41.4 Å². The van der Waals surface area contributed by atoms with Gasteiger partial charge in [-0.1, -0.05) is 29.8 Å². The molecule has 0 bridgehead atoms. The van der Waals surface area contributed by atoms with Crippen molar-refractivity contribution in [1.29, 1.82) is 0 Å². The monoisotopic (exact) mass is 408 g/mol. The van der Waals surface area contributed by atoms with Crippen molar-refractivity contribution in [3.63, 3.8) is 0 Å². The minimum atomic E-state index is 0.0911. The number of carbonyl (C=O) groups is 1. The molecule has 0 N–H and O–H groups in total. The van der Waals surface area contributed by atoms with E-state index in [0.717, 1.165) is 46.3 Å². The Labute approximate surface area is 176 Å². The van der Waals surface area contributed by atoms with Crippen LogP contribution in [0, 0.1) is 13.8 Å². The van der Waals surface area contributed by atoms with Crippen LogP contribution < -0.4 is 4.90 Å². The zero-order chi connectivity index (χ0) is 20.4. The maximum atomic E-state index is 12.9. The van der Waals surface area contributed by atoms with Gasteiger partial charge in [0.05, 0.1) is 12.2 Å². The number of rotatable bonds is 4. The Morgan fingerprint density at radius 1 is 1.00 bits per heavy atom. The van der Waals surface area contributed by atoms with Crippen molar-refractivity contribution in [1.82, 2.24) is 14.7 Å². The zero-order valence-corrected chi connectivity index (χ0v) is 17.6. The van der Waals surface area contributed by atoms with Gasteiger partial charge < -0.3 is 9.80 Å². The molecule has 4 rings (SSSR count). The number of hydrogen-bond donors (Lipinski definition) is 0. The summed E-state index contributed by atoms with van der Waals surface area (Å²) in [6.07, 6.45) is 0. The number of anilines is 1. The van der Waals surface area contributed by atoms with E-state index in [9.17, 15) is 4.79 Å². The minimum absolute atomic E-state index is 0.0911. The molecule has 0 atom stereocenters. The van der Waals surface area contributed by atoms with E-state index in [1.165, 1.54) is 0 Å². The Hall–Kier alpha value is -2.79. The van der Waals surface area contributed by atoms with Gasteiger partial charge in [-0.2, -0.15) is 5.10 Å². The largest absolute Gasteiger partial charge is 0.368 e. The van der Waals surface area contributed by atoms with Gasteiger partial charge in [-0.05, 0) is 55.8 Å². The van der Waals surface area contributed by atoms with E-state index in [2.05, 4.69) is 29.1 Å². The van der Waals surface area contributed by atoms with E-state index in [0.29, 0.717) is 19.6 Å². The molecule has 0 spiro atoms. The Morgan fingerprint density at radius 2 is 1.72 bits per heavy atom. The highest BCUT2D eigenvalue weighted by Crippen LogP contribution is 2.21. The van der Waals surface area contributed by atoms with E-state index in [1.807, 2.05) is 59.0 Å². The van der Waals surface area contributed by atoms with Gasteiger partial charge in [-0.3, -0.25) is 9.48 Å². The summed E-state index contributed by atoms with van der Waals surface area (Å²) in [5, 5.41) is 5.24. The Balaban J connectivity index is 1.37. The fraction of sp³-hybridized carbons (Fsp3) is 0.304. The van der Waals surface area contributed by atoms with E-state index in [1.54, 1.807) is 0 Å². The molecule has 3 aromatic rings. The van der Waals surface area contributed by atoms with E-state index in [4.69, 9.17) is 11.6 Å². The molecule has 2 heterocycles. The van der Waals surface area contributed by atoms with Crippen LogP contribution in [0.1, 0.15) is 27.3 Å². The molecule has 1 saturated heterocycles. The summed E-state index contributed by atoms with van der Waals surface area (Å²) in [5.74, 6) is 0.0911. The molecule has 5 nitrogen and oxygen atoms in total. The molecular formula is C23H25ClN4O.